The van der Waals surface area contributed by atoms with E-state index in [1.54, 1.807) is 12.1 Å². The van der Waals surface area contributed by atoms with Gasteiger partial charge in [-0.1, -0.05) is 24.3 Å². The number of benzene rings is 1. The van der Waals surface area contributed by atoms with Crippen molar-refractivity contribution in [1.82, 2.24) is 10.2 Å². The molecule has 1 atom stereocenters. The zero-order chi connectivity index (χ0) is 12.1. The molecule has 1 N–H and O–H groups in total. The molecule has 0 aromatic heterocycles. The maximum atomic E-state index is 12.7. The molecule has 0 aliphatic carbocycles. The fourth-order valence-corrected chi connectivity index (χ4v) is 2.09. The van der Waals surface area contributed by atoms with E-state index in [0.29, 0.717) is 6.04 Å². The molecule has 0 amide bonds. The molecule has 92 valence electrons. The Morgan fingerprint density at radius 2 is 2.18 bits per heavy atom. The van der Waals surface area contributed by atoms with E-state index in [-0.39, 0.29) is 5.82 Å². The van der Waals surface area contributed by atoms with Crippen LogP contribution in [-0.2, 0) is 0 Å². The van der Waals surface area contributed by atoms with Gasteiger partial charge in [-0.15, -0.1) is 0 Å². The highest BCUT2D eigenvalue weighted by molar-refractivity contribution is 5.48. The van der Waals surface area contributed by atoms with E-state index in [9.17, 15) is 4.39 Å². The zero-order valence-electron chi connectivity index (χ0n) is 10.2. The number of piperazine rings is 1. The van der Waals surface area contributed by atoms with Crippen LogP contribution in [0.5, 0.6) is 0 Å². The van der Waals surface area contributed by atoms with Gasteiger partial charge in [0.15, 0.2) is 0 Å². The Balaban J connectivity index is 1.82. The van der Waals surface area contributed by atoms with Crippen molar-refractivity contribution >= 4 is 6.08 Å². The Labute approximate surface area is 102 Å². The third-order valence-corrected chi connectivity index (χ3v) is 3.00. The SMILES string of the molecule is C[C@H]1CN(C/C=C/c2ccc(F)cc2)CCN1. The molecule has 17 heavy (non-hydrogen) atoms. The van der Waals surface area contributed by atoms with Crippen LogP contribution < -0.4 is 5.32 Å². The summed E-state index contributed by atoms with van der Waals surface area (Å²) in [6, 6.07) is 7.15. The minimum Gasteiger partial charge on any atom is -0.312 e. The molecule has 1 aliphatic rings. The predicted octanol–water partition coefficient (Wildman–Crippen LogP) is 2.13. The highest BCUT2D eigenvalue weighted by Gasteiger charge is 2.13. The van der Waals surface area contributed by atoms with E-state index in [2.05, 4.69) is 23.2 Å². The number of nitrogens with one attached hydrogen (secondary N) is 1. The molecule has 1 saturated heterocycles. The van der Waals surface area contributed by atoms with Crippen LogP contribution in [0.15, 0.2) is 30.3 Å². The van der Waals surface area contributed by atoms with Gasteiger partial charge < -0.3 is 5.32 Å². The van der Waals surface area contributed by atoms with Gasteiger partial charge in [0, 0.05) is 32.2 Å². The summed E-state index contributed by atoms with van der Waals surface area (Å²) in [7, 11) is 0. The average molecular weight is 234 g/mol. The summed E-state index contributed by atoms with van der Waals surface area (Å²) >= 11 is 0. The van der Waals surface area contributed by atoms with Crippen molar-refractivity contribution in [2.75, 3.05) is 26.2 Å². The first-order chi connectivity index (χ1) is 8.24. The minimum absolute atomic E-state index is 0.182. The Kier molecular flexibility index (Phi) is 4.29. The summed E-state index contributed by atoms with van der Waals surface area (Å²) < 4.78 is 12.7. The fraction of sp³-hybridized carbons (Fsp3) is 0.429. The van der Waals surface area contributed by atoms with Crippen molar-refractivity contribution in [1.29, 1.82) is 0 Å². The van der Waals surface area contributed by atoms with E-state index in [1.165, 1.54) is 12.1 Å². The number of hydrogen-bond donors (Lipinski definition) is 1. The molecule has 0 unspecified atom stereocenters. The van der Waals surface area contributed by atoms with Crippen LogP contribution in [0.1, 0.15) is 12.5 Å². The monoisotopic (exact) mass is 234 g/mol. The lowest BCUT2D eigenvalue weighted by molar-refractivity contribution is 0.227. The van der Waals surface area contributed by atoms with Crippen LogP contribution >= 0.6 is 0 Å². The molecule has 1 fully saturated rings. The lowest BCUT2D eigenvalue weighted by Crippen LogP contribution is -2.49. The molecular formula is C14H19FN2. The fourth-order valence-electron chi connectivity index (χ4n) is 2.09. The van der Waals surface area contributed by atoms with Crippen molar-refractivity contribution in [3.05, 3.63) is 41.7 Å². The Morgan fingerprint density at radius 1 is 1.41 bits per heavy atom. The van der Waals surface area contributed by atoms with Crippen molar-refractivity contribution in [2.45, 2.75) is 13.0 Å². The second kappa shape index (κ2) is 5.94. The maximum Gasteiger partial charge on any atom is 0.123 e. The molecule has 2 rings (SSSR count). The summed E-state index contributed by atoms with van der Waals surface area (Å²) in [6.45, 7) is 6.41. The van der Waals surface area contributed by atoms with Gasteiger partial charge in [-0.3, -0.25) is 4.90 Å². The zero-order valence-corrected chi connectivity index (χ0v) is 10.2. The summed E-state index contributed by atoms with van der Waals surface area (Å²) in [5.41, 5.74) is 1.05. The lowest BCUT2D eigenvalue weighted by Gasteiger charge is -2.30. The molecule has 1 aliphatic heterocycles. The van der Waals surface area contributed by atoms with Gasteiger partial charge in [0.1, 0.15) is 5.82 Å². The van der Waals surface area contributed by atoms with Crippen LogP contribution in [0.2, 0.25) is 0 Å². The average Bonchev–Trinajstić information content (AvgIpc) is 2.32. The summed E-state index contributed by atoms with van der Waals surface area (Å²) in [6.07, 6.45) is 4.19. The highest BCUT2D eigenvalue weighted by Crippen LogP contribution is 2.05. The first kappa shape index (κ1) is 12.3. The molecule has 0 spiro atoms. The smallest absolute Gasteiger partial charge is 0.123 e. The van der Waals surface area contributed by atoms with Crippen LogP contribution in [0.3, 0.4) is 0 Å². The molecule has 1 aromatic carbocycles. The van der Waals surface area contributed by atoms with E-state index < -0.39 is 0 Å². The maximum absolute atomic E-state index is 12.7. The topological polar surface area (TPSA) is 15.3 Å². The quantitative estimate of drug-likeness (QED) is 0.862. The first-order valence-electron chi connectivity index (χ1n) is 6.12. The van der Waals surface area contributed by atoms with Gasteiger partial charge >= 0.3 is 0 Å². The van der Waals surface area contributed by atoms with Gasteiger partial charge in [-0.05, 0) is 24.6 Å². The second-order valence-electron chi connectivity index (χ2n) is 4.57. The largest absolute Gasteiger partial charge is 0.312 e. The standard InChI is InChI=1S/C14H19FN2/c1-12-11-17(10-8-16-12)9-2-3-13-4-6-14(15)7-5-13/h2-7,12,16H,8-11H2,1H3/b3-2+/t12-/m0/s1. The minimum atomic E-state index is -0.182. The Hall–Kier alpha value is -1.19. The van der Waals surface area contributed by atoms with Gasteiger partial charge in [0.05, 0.1) is 0 Å². The Morgan fingerprint density at radius 3 is 2.88 bits per heavy atom. The molecule has 1 aromatic rings. The molecule has 1 heterocycles. The highest BCUT2D eigenvalue weighted by atomic mass is 19.1. The third-order valence-electron chi connectivity index (χ3n) is 3.00. The van der Waals surface area contributed by atoms with Gasteiger partial charge in [0.25, 0.3) is 0 Å². The van der Waals surface area contributed by atoms with Gasteiger partial charge in [-0.25, -0.2) is 4.39 Å². The summed E-state index contributed by atoms with van der Waals surface area (Å²) in [5, 5.41) is 3.42. The molecule has 2 nitrogen and oxygen atoms in total. The van der Waals surface area contributed by atoms with Crippen molar-refractivity contribution < 1.29 is 4.39 Å². The number of halogens is 1. The Bertz CT molecular complexity index is 372. The van der Waals surface area contributed by atoms with Gasteiger partial charge in [-0.2, -0.15) is 0 Å². The van der Waals surface area contributed by atoms with Gasteiger partial charge in [0.2, 0.25) is 0 Å². The normalized spacial score (nSPS) is 22.1. The van der Waals surface area contributed by atoms with Crippen molar-refractivity contribution in [2.24, 2.45) is 0 Å². The number of hydrogen-bond acceptors (Lipinski definition) is 2. The molecule has 0 saturated carbocycles. The van der Waals surface area contributed by atoms with E-state index in [1.807, 2.05) is 6.08 Å². The van der Waals surface area contributed by atoms with E-state index in [0.717, 1.165) is 31.7 Å². The second-order valence-corrected chi connectivity index (χ2v) is 4.57. The molecular weight excluding hydrogens is 215 g/mol. The number of rotatable bonds is 3. The van der Waals surface area contributed by atoms with E-state index >= 15 is 0 Å². The van der Waals surface area contributed by atoms with Crippen LogP contribution in [0.25, 0.3) is 6.08 Å². The van der Waals surface area contributed by atoms with Crippen molar-refractivity contribution in [3.8, 4) is 0 Å². The first-order valence-corrected chi connectivity index (χ1v) is 6.12. The van der Waals surface area contributed by atoms with E-state index in [4.69, 9.17) is 0 Å². The third kappa shape index (κ3) is 3.95. The molecule has 0 bridgehead atoms. The lowest BCUT2D eigenvalue weighted by atomic mass is 10.2. The van der Waals surface area contributed by atoms with Crippen LogP contribution in [-0.4, -0.2) is 37.1 Å². The molecule has 3 heteroatoms. The van der Waals surface area contributed by atoms with Crippen LogP contribution in [0.4, 0.5) is 4.39 Å². The predicted molar refractivity (Wildman–Crippen MR) is 69.3 cm³/mol. The van der Waals surface area contributed by atoms with Crippen molar-refractivity contribution in [3.63, 3.8) is 0 Å². The summed E-state index contributed by atoms with van der Waals surface area (Å²) in [4.78, 5) is 2.42. The number of nitrogens with zero attached hydrogens (tertiary/aromatic N) is 1. The van der Waals surface area contributed by atoms with Crippen LogP contribution in [0, 0.1) is 5.82 Å². The molecule has 0 radical (unpaired) electrons. The summed E-state index contributed by atoms with van der Waals surface area (Å²) in [5.74, 6) is -0.182.